The fraction of sp³-hybridized carbons (Fsp3) is 0.100. The quantitative estimate of drug-likeness (QED) is 0.443. The van der Waals surface area contributed by atoms with Crippen LogP contribution in [0, 0.1) is 10.1 Å². The minimum Gasteiger partial charge on any atom is -0.401 e. The van der Waals surface area contributed by atoms with Crippen molar-refractivity contribution in [2.75, 3.05) is 6.61 Å². The molecule has 0 radical (unpaired) electrons. The molecule has 10 heteroatoms. The summed E-state index contributed by atoms with van der Waals surface area (Å²) in [6.45, 7) is -0.922. The van der Waals surface area contributed by atoms with E-state index in [9.17, 15) is 19.7 Å². The number of hydrogen-bond donors (Lipinski definition) is 2. The van der Waals surface area contributed by atoms with Crippen molar-refractivity contribution in [2.24, 2.45) is 10.8 Å². The van der Waals surface area contributed by atoms with E-state index >= 15 is 0 Å². The van der Waals surface area contributed by atoms with Crippen LogP contribution in [0.1, 0.15) is 5.76 Å². The van der Waals surface area contributed by atoms with Crippen LogP contribution >= 0.6 is 0 Å². The highest BCUT2D eigenvalue weighted by Crippen LogP contribution is 2.16. The second kappa shape index (κ2) is 6.80. The first kappa shape index (κ1) is 15.0. The number of carbonyl (C=O) groups excluding carboxylic acids is 2. The van der Waals surface area contributed by atoms with Crippen molar-refractivity contribution in [3.05, 3.63) is 34.1 Å². The first-order chi connectivity index (χ1) is 9.45. The predicted octanol–water partition coefficient (Wildman–Crippen LogP) is 0.0864. The van der Waals surface area contributed by atoms with Crippen LogP contribution in [0.5, 0.6) is 0 Å². The largest absolute Gasteiger partial charge is 0.433 e. The van der Waals surface area contributed by atoms with Crippen molar-refractivity contribution >= 4 is 30.1 Å². The number of nitro groups is 1. The zero-order valence-corrected chi connectivity index (χ0v) is 10.0. The zero-order valence-electron chi connectivity index (χ0n) is 10.0. The fourth-order valence-corrected chi connectivity index (χ4v) is 1.08. The Morgan fingerprint density at radius 1 is 1.55 bits per heavy atom. The molecular formula is C10H10N4O6. The van der Waals surface area contributed by atoms with Gasteiger partial charge in [0.1, 0.15) is 17.3 Å². The fourth-order valence-electron chi connectivity index (χ4n) is 1.08. The molecule has 0 atom stereocenters. The van der Waals surface area contributed by atoms with Crippen LogP contribution in [0.2, 0.25) is 0 Å². The first-order valence-electron chi connectivity index (χ1n) is 5.14. The Bertz CT molecular complexity index is 576. The third kappa shape index (κ3) is 4.03. The van der Waals surface area contributed by atoms with Crippen molar-refractivity contribution in [1.29, 1.82) is 0 Å². The molecule has 1 aromatic rings. The summed E-state index contributed by atoms with van der Waals surface area (Å²) in [7, 11) is 0. The van der Waals surface area contributed by atoms with Crippen LogP contribution in [0.15, 0.2) is 27.7 Å². The van der Waals surface area contributed by atoms with Crippen molar-refractivity contribution in [3.8, 4) is 0 Å². The monoisotopic (exact) mass is 282 g/mol. The number of imide groups is 1. The average Bonchev–Trinajstić information content (AvgIpc) is 2.86. The standard InChI is InChI=1S/C10H10N4O6/c11-10(17)13(8(16)6-15)12-5-1-2-7-3-4-9(20-7)14(18)19/h1-5,15H,6H2,(H2,11,17). The number of rotatable bonds is 5. The summed E-state index contributed by atoms with van der Waals surface area (Å²) in [4.78, 5) is 31.5. The smallest absolute Gasteiger partial charge is 0.401 e. The molecule has 0 unspecified atom stereocenters. The van der Waals surface area contributed by atoms with Gasteiger partial charge in [-0.05, 0) is 18.2 Å². The maximum atomic E-state index is 11.0. The number of hydrazone groups is 1. The molecule has 0 aliphatic heterocycles. The van der Waals surface area contributed by atoms with E-state index in [1.165, 1.54) is 24.3 Å². The van der Waals surface area contributed by atoms with Crippen LogP contribution in [-0.4, -0.2) is 39.8 Å². The van der Waals surface area contributed by atoms with Gasteiger partial charge in [-0.1, -0.05) is 0 Å². The molecule has 0 aliphatic carbocycles. The maximum Gasteiger partial charge on any atom is 0.433 e. The average molecular weight is 282 g/mol. The van der Waals surface area contributed by atoms with Crippen LogP contribution in [0.3, 0.4) is 0 Å². The van der Waals surface area contributed by atoms with Gasteiger partial charge < -0.3 is 15.3 Å². The number of nitrogens with two attached hydrogens (primary N) is 1. The lowest BCUT2D eigenvalue weighted by Gasteiger charge is -2.09. The van der Waals surface area contributed by atoms with Gasteiger partial charge in [-0.3, -0.25) is 14.9 Å². The second-order valence-electron chi connectivity index (χ2n) is 3.26. The Morgan fingerprint density at radius 3 is 2.75 bits per heavy atom. The van der Waals surface area contributed by atoms with Crippen molar-refractivity contribution < 1.29 is 24.0 Å². The number of nitrogens with zero attached hydrogens (tertiary/aromatic N) is 3. The number of aliphatic hydroxyl groups is 1. The minimum absolute atomic E-state index is 0.183. The van der Waals surface area contributed by atoms with Gasteiger partial charge in [0.25, 0.3) is 5.91 Å². The molecule has 0 aliphatic rings. The lowest BCUT2D eigenvalue weighted by Crippen LogP contribution is -2.38. The third-order valence-electron chi connectivity index (χ3n) is 1.90. The topological polar surface area (TPSA) is 152 Å². The van der Waals surface area contributed by atoms with E-state index in [1.807, 2.05) is 0 Å². The molecule has 106 valence electrons. The molecule has 0 fully saturated rings. The van der Waals surface area contributed by atoms with E-state index in [1.54, 1.807) is 0 Å². The summed E-state index contributed by atoms with van der Waals surface area (Å²) in [5.41, 5.74) is 4.87. The molecule has 0 bridgehead atoms. The second-order valence-corrected chi connectivity index (χ2v) is 3.26. The molecular weight excluding hydrogens is 272 g/mol. The van der Waals surface area contributed by atoms with Crippen LogP contribution < -0.4 is 5.73 Å². The molecule has 0 saturated carbocycles. The minimum atomic E-state index is -1.15. The van der Waals surface area contributed by atoms with E-state index < -0.39 is 29.4 Å². The van der Waals surface area contributed by atoms with Crippen molar-refractivity contribution in [1.82, 2.24) is 5.01 Å². The summed E-state index contributed by atoms with van der Waals surface area (Å²) in [5, 5.41) is 22.6. The number of primary amides is 1. The number of aliphatic hydroxyl groups excluding tert-OH is 1. The molecule has 0 aromatic carbocycles. The van der Waals surface area contributed by atoms with Gasteiger partial charge >= 0.3 is 11.9 Å². The molecule has 3 N–H and O–H groups in total. The normalized spacial score (nSPS) is 11.1. The Hall–Kier alpha value is -3.01. The van der Waals surface area contributed by atoms with Crippen LogP contribution in [-0.2, 0) is 4.79 Å². The summed E-state index contributed by atoms with van der Waals surface area (Å²) < 4.78 is 4.81. The van der Waals surface area contributed by atoms with Gasteiger partial charge in [-0.25, -0.2) is 4.79 Å². The van der Waals surface area contributed by atoms with E-state index in [2.05, 4.69) is 5.10 Å². The number of carbonyl (C=O) groups is 2. The van der Waals surface area contributed by atoms with E-state index in [-0.39, 0.29) is 10.8 Å². The summed E-state index contributed by atoms with van der Waals surface area (Å²) >= 11 is 0. The summed E-state index contributed by atoms with van der Waals surface area (Å²) in [6.07, 6.45) is 3.62. The van der Waals surface area contributed by atoms with Crippen molar-refractivity contribution in [2.45, 2.75) is 0 Å². The number of allylic oxidation sites excluding steroid dienone is 1. The number of amides is 3. The Morgan fingerprint density at radius 2 is 2.25 bits per heavy atom. The van der Waals surface area contributed by atoms with Gasteiger partial charge in [0.15, 0.2) is 0 Å². The molecule has 0 saturated heterocycles. The summed E-state index contributed by atoms with van der Waals surface area (Å²) in [5.74, 6) is -1.23. The SMILES string of the molecule is NC(=O)N(N=CC=Cc1ccc([N+](=O)[O-])o1)C(=O)CO. The lowest BCUT2D eigenvalue weighted by molar-refractivity contribution is -0.402. The molecule has 0 spiro atoms. The molecule has 3 amide bonds. The highest BCUT2D eigenvalue weighted by Gasteiger charge is 2.15. The number of furan rings is 1. The van der Waals surface area contributed by atoms with Crippen molar-refractivity contribution in [3.63, 3.8) is 0 Å². The van der Waals surface area contributed by atoms with E-state index in [0.29, 0.717) is 0 Å². The lowest BCUT2D eigenvalue weighted by atomic mass is 10.4. The number of hydrogen-bond acceptors (Lipinski definition) is 7. The van der Waals surface area contributed by atoms with Crippen LogP contribution in [0.25, 0.3) is 6.08 Å². The van der Waals surface area contributed by atoms with Crippen LogP contribution in [0.4, 0.5) is 10.7 Å². The number of urea groups is 1. The van der Waals surface area contributed by atoms with Gasteiger partial charge in [0.2, 0.25) is 0 Å². The van der Waals surface area contributed by atoms with E-state index in [0.717, 1.165) is 6.21 Å². The Kier molecular flexibility index (Phi) is 5.12. The van der Waals surface area contributed by atoms with E-state index in [4.69, 9.17) is 15.3 Å². The highest BCUT2D eigenvalue weighted by molar-refractivity contribution is 5.95. The first-order valence-corrected chi connectivity index (χ1v) is 5.14. The van der Waals surface area contributed by atoms with Gasteiger partial charge in [-0.2, -0.15) is 5.10 Å². The van der Waals surface area contributed by atoms with Gasteiger partial charge in [0.05, 0.1) is 6.07 Å². The van der Waals surface area contributed by atoms with Gasteiger partial charge in [-0.15, -0.1) is 5.01 Å². The predicted molar refractivity (Wildman–Crippen MR) is 66.4 cm³/mol. The molecule has 1 aromatic heterocycles. The Labute approximate surface area is 111 Å². The molecule has 10 nitrogen and oxygen atoms in total. The molecule has 1 rings (SSSR count). The van der Waals surface area contributed by atoms with Gasteiger partial charge in [0, 0.05) is 6.21 Å². The maximum absolute atomic E-state index is 11.0. The summed E-state index contributed by atoms with van der Waals surface area (Å²) in [6, 6.07) is 1.37. The molecule has 1 heterocycles. The highest BCUT2D eigenvalue weighted by atomic mass is 16.6. The zero-order chi connectivity index (χ0) is 15.1. The Balaban J connectivity index is 2.70. The third-order valence-corrected chi connectivity index (χ3v) is 1.90. The molecule has 20 heavy (non-hydrogen) atoms.